The second-order valence-corrected chi connectivity index (χ2v) is 8.56. The minimum absolute atomic E-state index is 0.572. The molecule has 0 heterocycles. The molecular weight excluding hydrogens is 332 g/mol. The molecule has 2 aromatic carbocycles. The molecule has 0 N–H and O–H groups in total. The van der Waals surface area contributed by atoms with Crippen molar-refractivity contribution in [1.82, 2.24) is 0 Å². The first kappa shape index (κ1) is 21.0. The highest BCUT2D eigenvalue weighted by atomic mass is 15.6. The zero-order chi connectivity index (χ0) is 19.9. The Balaban J connectivity index is 2.18. The van der Waals surface area contributed by atoms with E-state index in [4.69, 9.17) is 10.2 Å². The summed E-state index contributed by atoms with van der Waals surface area (Å²) in [5.74, 6) is 0. The molecule has 0 saturated heterocycles. The van der Waals surface area contributed by atoms with Crippen LogP contribution in [0.2, 0.25) is 0 Å². The Labute approximate surface area is 164 Å². The standard InChI is InChI=1S/C23H34N4/c1-26(2,3)24-22(20-14-9-7-10-15-20)18-13-19-23(25-27(4,5)6)21-16-11-8-12-17-21/h7-12,14-17H,13,18-19H2,1-6H3/q+2/b24-22-,25-23+. The smallest absolute Gasteiger partial charge is 0.103 e. The fraction of sp³-hybridized carbons (Fsp3) is 0.391. The van der Waals surface area contributed by atoms with E-state index >= 15 is 0 Å². The van der Waals surface area contributed by atoms with Gasteiger partial charge in [0.15, 0.2) is 0 Å². The van der Waals surface area contributed by atoms with Crippen LogP contribution in [0.25, 0.3) is 0 Å². The molecule has 27 heavy (non-hydrogen) atoms. The third-order valence-electron chi connectivity index (χ3n) is 3.88. The maximum Gasteiger partial charge on any atom is 0.103 e. The van der Waals surface area contributed by atoms with Gasteiger partial charge in [-0.25, -0.2) is 9.18 Å². The molecule has 0 saturated carbocycles. The summed E-state index contributed by atoms with van der Waals surface area (Å²) < 4.78 is 1.14. The average molecular weight is 367 g/mol. The topological polar surface area (TPSA) is 24.7 Å². The predicted molar refractivity (Wildman–Crippen MR) is 116 cm³/mol. The van der Waals surface area contributed by atoms with E-state index in [-0.39, 0.29) is 0 Å². The monoisotopic (exact) mass is 366 g/mol. The number of hydrogen-bond acceptors (Lipinski definition) is 2. The van der Waals surface area contributed by atoms with Crippen LogP contribution >= 0.6 is 0 Å². The Morgan fingerprint density at radius 1 is 0.593 bits per heavy atom. The summed E-state index contributed by atoms with van der Waals surface area (Å²) in [6.45, 7) is 0. The van der Waals surface area contributed by atoms with Crippen LogP contribution in [0, 0.1) is 0 Å². The fourth-order valence-corrected chi connectivity index (χ4v) is 2.91. The molecule has 0 aliphatic heterocycles. The number of nitrogens with zero attached hydrogens (tertiary/aromatic N) is 4. The van der Waals surface area contributed by atoms with E-state index in [0.717, 1.165) is 30.7 Å². The first-order valence-electron chi connectivity index (χ1n) is 9.56. The third kappa shape index (κ3) is 7.85. The Kier molecular flexibility index (Phi) is 7.05. The number of quaternary nitrogens is 2. The molecule has 0 atom stereocenters. The van der Waals surface area contributed by atoms with E-state index in [9.17, 15) is 0 Å². The number of rotatable bonds is 8. The Bertz CT molecular complexity index is 696. The van der Waals surface area contributed by atoms with Gasteiger partial charge < -0.3 is 0 Å². The van der Waals surface area contributed by atoms with Crippen molar-refractivity contribution in [2.24, 2.45) is 10.2 Å². The van der Waals surface area contributed by atoms with Gasteiger partial charge in [0.2, 0.25) is 0 Å². The van der Waals surface area contributed by atoms with Gasteiger partial charge in [0, 0.05) is 11.1 Å². The van der Waals surface area contributed by atoms with Crippen molar-refractivity contribution in [2.45, 2.75) is 19.3 Å². The number of hydrogen-bond donors (Lipinski definition) is 0. The van der Waals surface area contributed by atoms with E-state index in [1.807, 2.05) is 0 Å². The summed E-state index contributed by atoms with van der Waals surface area (Å²) in [4.78, 5) is 0. The highest BCUT2D eigenvalue weighted by molar-refractivity contribution is 6.02. The van der Waals surface area contributed by atoms with Crippen molar-refractivity contribution < 1.29 is 9.18 Å². The van der Waals surface area contributed by atoms with Gasteiger partial charge in [-0.3, -0.25) is 0 Å². The van der Waals surface area contributed by atoms with E-state index < -0.39 is 0 Å². The average Bonchev–Trinajstić information content (AvgIpc) is 2.59. The first-order valence-corrected chi connectivity index (χ1v) is 9.56. The van der Waals surface area contributed by atoms with Crippen LogP contribution in [-0.2, 0) is 0 Å². The molecule has 2 rings (SSSR count). The summed E-state index contributed by atoms with van der Waals surface area (Å²) in [7, 11) is 12.6. The summed E-state index contributed by atoms with van der Waals surface area (Å²) >= 11 is 0. The Morgan fingerprint density at radius 2 is 0.926 bits per heavy atom. The highest BCUT2D eigenvalue weighted by Crippen LogP contribution is 2.15. The van der Waals surface area contributed by atoms with Crippen LogP contribution < -0.4 is 0 Å². The number of benzene rings is 2. The van der Waals surface area contributed by atoms with Crippen molar-refractivity contribution in [3.8, 4) is 0 Å². The van der Waals surface area contributed by atoms with E-state index in [1.54, 1.807) is 0 Å². The lowest BCUT2D eigenvalue weighted by Gasteiger charge is -2.19. The van der Waals surface area contributed by atoms with Crippen molar-refractivity contribution in [2.75, 3.05) is 42.3 Å². The van der Waals surface area contributed by atoms with Gasteiger partial charge in [0.1, 0.15) is 11.4 Å². The molecule has 0 aliphatic rings. The highest BCUT2D eigenvalue weighted by Gasteiger charge is 2.15. The van der Waals surface area contributed by atoms with Crippen molar-refractivity contribution in [3.05, 3.63) is 71.8 Å². The van der Waals surface area contributed by atoms with Gasteiger partial charge in [0.25, 0.3) is 0 Å². The maximum absolute atomic E-state index is 4.93. The van der Waals surface area contributed by atoms with Crippen LogP contribution in [0.3, 0.4) is 0 Å². The van der Waals surface area contributed by atoms with Crippen LogP contribution in [0.15, 0.2) is 70.9 Å². The molecule has 144 valence electrons. The summed E-state index contributed by atoms with van der Waals surface area (Å²) in [5.41, 5.74) is 4.72. The maximum atomic E-state index is 4.93. The summed E-state index contributed by atoms with van der Waals surface area (Å²) in [6, 6.07) is 21.0. The molecule has 0 spiro atoms. The summed E-state index contributed by atoms with van der Waals surface area (Å²) in [5, 5.41) is 9.87. The van der Waals surface area contributed by atoms with Gasteiger partial charge in [-0.2, -0.15) is 0 Å². The minimum atomic E-state index is 0.572. The largest absolute Gasteiger partial charge is 0.205 e. The Hall–Kier alpha value is -2.30. The molecule has 2 aromatic rings. The van der Waals surface area contributed by atoms with Gasteiger partial charge in [-0.05, 0) is 19.3 Å². The SMILES string of the molecule is C[N+](C)(C)/N=C(/CCC/C(=N\[N+](C)(C)C)c1ccccc1)c1ccccc1. The van der Waals surface area contributed by atoms with E-state index in [1.165, 1.54) is 11.1 Å². The molecule has 0 bridgehead atoms. The van der Waals surface area contributed by atoms with Gasteiger partial charge >= 0.3 is 0 Å². The molecule has 4 heteroatoms. The quantitative estimate of drug-likeness (QED) is 0.376. The molecule has 4 nitrogen and oxygen atoms in total. The summed E-state index contributed by atoms with van der Waals surface area (Å²) in [6.07, 6.45) is 2.88. The van der Waals surface area contributed by atoms with Crippen molar-refractivity contribution in [1.29, 1.82) is 0 Å². The molecule has 0 aromatic heterocycles. The zero-order valence-corrected chi connectivity index (χ0v) is 17.7. The predicted octanol–water partition coefficient (Wildman–Crippen LogP) is 4.38. The van der Waals surface area contributed by atoms with Crippen LogP contribution in [0.4, 0.5) is 0 Å². The van der Waals surface area contributed by atoms with Crippen molar-refractivity contribution in [3.63, 3.8) is 0 Å². The van der Waals surface area contributed by atoms with Crippen LogP contribution in [0.5, 0.6) is 0 Å². The molecule has 0 fully saturated rings. The first-order chi connectivity index (χ1) is 12.6. The molecule has 0 aliphatic carbocycles. The van der Waals surface area contributed by atoms with Gasteiger partial charge in [-0.15, -0.1) is 0 Å². The lowest BCUT2D eigenvalue weighted by atomic mass is 10.0. The van der Waals surface area contributed by atoms with Gasteiger partial charge in [-0.1, -0.05) is 70.9 Å². The molecular formula is C23H34N4+2. The molecule has 0 unspecified atom stereocenters. The van der Waals surface area contributed by atoms with E-state index in [0.29, 0.717) is 9.18 Å². The normalized spacial score (nSPS) is 13.7. The zero-order valence-electron chi connectivity index (χ0n) is 17.7. The van der Waals surface area contributed by atoms with E-state index in [2.05, 4.69) is 103 Å². The third-order valence-corrected chi connectivity index (χ3v) is 3.88. The van der Waals surface area contributed by atoms with Gasteiger partial charge in [0.05, 0.1) is 42.3 Å². The second-order valence-electron chi connectivity index (χ2n) is 8.56. The van der Waals surface area contributed by atoms with Crippen LogP contribution in [-0.4, -0.2) is 62.9 Å². The molecule has 0 amide bonds. The lowest BCUT2D eigenvalue weighted by Crippen LogP contribution is -2.30. The lowest BCUT2D eigenvalue weighted by molar-refractivity contribution is -0.877. The fourth-order valence-electron chi connectivity index (χ4n) is 2.91. The minimum Gasteiger partial charge on any atom is -0.205 e. The van der Waals surface area contributed by atoms with Crippen LogP contribution in [0.1, 0.15) is 30.4 Å². The second kappa shape index (κ2) is 9.07. The van der Waals surface area contributed by atoms with Crippen molar-refractivity contribution >= 4 is 11.4 Å². The molecule has 0 radical (unpaired) electrons. The Morgan fingerprint density at radius 3 is 1.22 bits per heavy atom.